The van der Waals surface area contributed by atoms with Gasteiger partial charge in [0.2, 0.25) is 16.9 Å². The lowest BCUT2D eigenvalue weighted by Crippen LogP contribution is -2.24. The molecule has 1 fully saturated rings. The molecule has 0 spiro atoms. The van der Waals surface area contributed by atoms with Gasteiger partial charge in [0, 0.05) is 36.7 Å². The summed E-state index contributed by atoms with van der Waals surface area (Å²) in [4.78, 5) is 36.7. The molecule has 11 heteroatoms. The molecule has 1 aliphatic rings. The fourth-order valence-electron chi connectivity index (χ4n) is 3.42. The van der Waals surface area contributed by atoms with Gasteiger partial charge < -0.3 is 15.0 Å². The second-order valence-electron chi connectivity index (χ2n) is 7.20. The average molecular weight is 453 g/mol. The van der Waals surface area contributed by atoms with Gasteiger partial charge in [-0.2, -0.15) is 0 Å². The number of benzene rings is 2. The summed E-state index contributed by atoms with van der Waals surface area (Å²) in [5, 5.41) is 22.6. The Hall–Kier alpha value is -3.86. The zero-order valence-corrected chi connectivity index (χ0v) is 17.9. The van der Waals surface area contributed by atoms with Gasteiger partial charge in [0.25, 0.3) is 5.69 Å². The third-order valence-corrected chi connectivity index (χ3v) is 6.06. The smallest absolute Gasteiger partial charge is 0.269 e. The van der Waals surface area contributed by atoms with Crippen LogP contribution in [0.4, 0.5) is 16.5 Å². The molecular formula is C21H19N5O5S. The van der Waals surface area contributed by atoms with Crippen LogP contribution in [0.5, 0.6) is 5.75 Å². The Morgan fingerprint density at radius 1 is 1.22 bits per heavy atom. The number of nitro groups is 1. The highest BCUT2D eigenvalue weighted by Gasteiger charge is 2.34. The minimum absolute atomic E-state index is 0.000812. The predicted octanol–water partition coefficient (Wildman–Crippen LogP) is 3.16. The zero-order valence-electron chi connectivity index (χ0n) is 17.1. The van der Waals surface area contributed by atoms with E-state index >= 15 is 0 Å². The Balaban J connectivity index is 1.36. The number of nitrogens with one attached hydrogen (secondary N) is 1. The lowest BCUT2D eigenvalue weighted by Gasteiger charge is -2.16. The van der Waals surface area contributed by atoms with Crippen LogP contribution in [0.1, 0.15) is 22.9 Å². The monoisotopic (exact) mass is 453 g/mol. The number of carbonyl (C=O) groups is 2. The van der Waals surface area contributed by atoms with Gasteiger partial charge in [0.15, 0.2) is 0 Å². The van der Waals surface area contributed by atoms with Crippen LogP contribution in [0.15, 0.2) is 48.5 Å². The van der Waals surface area contributed by atoms with Gasteiger partial charge in [0.05, 0.1) is 18.5 Å². The van der Waals surface area contributed by atoms with Gasteiger partial charge >= 0.3 is 0 Å². The number of aromatic nitrogens is 2. The number of rotatable bonds is 7. The summed E-state index contributed by atoms with van der Waals surface area (Å²) >= 11 is 1.24. The van der Waals surface area contributed by atoms with E-state index in [4.69, 9.17) is 4.74 Å². The van der Waals surface area contributed by atoms with Gasteiger partial charge in [-0.15, -0.1) is 10.2 Å². The van der Waals surface area contributed by atoms with Gasteiger partial charge in [-0.3, -0.25) is 19.7 Å². The molecule has 164 valence electrons. The lowest BCUT2D eigenvalue weighted by molar-refractivity contribution is -0.384. The number of anilines is 2. The topological polar surface area (TPSA) is 128 Å². The highest BCUT2D eigenvalue weighted by Crippen LogP contribution is 2.34. The normalized spacial score (nSPS) is 15.6. The number of nitrogens with zero attached hydrogens (tertiary/aromatic N) is 4. The van der Waals surface area contributed by atoms with Crippen molar-refractivity contribution in [2.24, 2.45) is 0 Å². The molecule has 1 saturated heterocycles. The summed E-state index contributed by atoms with van der Waals surface area (Å²) in [6, 6.07) is 13.1. The van der Waals surface area contributed by atoms with E-state index in [0.29, 0.717) is 28.7 Å². The number of methoxy groups -OCH3 is 1. The van der Waals surface area contributed by atoms with Gasteiger partial charge in [0.1, 0.15) is 10.8 Å². The van der Waals surface area contributed by atoms with Crippen molar-refractivity contribution in [3.8, 4) is 5.75 Å². The summed E-state index contributed by atoms with van der Waals surface area (Å²) in [7, 11) is 1.59. The van der Waals surface area contributed by atoms with Crippen molar-refractivity contribution >= 4 is 39.7 Å². The molecule has 1 atom stereocenters. The van der Waals surface area contributed by atoms with Crippen LogP contribution in [0.2, 0.25) is 0 Å². The van der Waals surface area contributed by atoms with Crippen molar-refractivity contribution in [3.63, 3.8) is 0 Å². The van der Waals surface area contributed by atoms with E-state index in [9.17, 15) is 19.7 Å². The zero-order chi connectivity index (χ0) is 22.7. The number of carbonyl (C=O) groups excluding carboxylic acids is 2. The van der Waals surface area contributed by atoms with Crippen LogP contribution in [-0.4, -0.2) is 40.6 Å². The molecule has 3 aromatic rings. The van der Waals surface area contributed by atoms with Crippen LogP contribution >= 0.6 is 11.3 Å². The van der Waals surface area contributed by atoms with Crippen LogP contribution in [-0.2, 0) is 16.0 Å². The number of non-ortho nitro benzene ring substituents is 1. The first-order chi connectivity index (χ1) is 15.4. The number of nitro benzene ring substituents is 1. The molecule has 1 unspecified atom stereocenters. The van der Waals surface area contributed by atoms with Crippen molar-refractivity contribution in [1.29, 1.82) is 0 Å². The molecule has 0 bridgehead atoms. The molecule has 10 nitrogen and oxygen atoms in total. The van der Waals surface area contributed by atoms with Crippen molar-refractivity contribution in [3.05, 3.63) is 69.2 Å². The number of ether oxygens (including phenoxy) is 1. The summed E-state index contributed by atoms with van der Waals surface area (Å²) in [6.45, 7) is 0.483. The van der Waals surface area contributed by atoms with E-state index in [1.807, 2.05) is 12.1 Å². The molecule has 0 saturated carbocycles. The fraction of sp³-hybridized carbons (Fsp3) is 0.238. The highest BCUT2D eigenvalue weighted by molar-refractivity contribution is 7.15. The quantitative estimate of drug-likeness (QED) is 0.430. The van der Waals surface area contributed by atoms with Gasteiger partial charge in [-0.1, -0.05) is 23.5 Å². The Bertz CT molecular complexity index is 1150. The second-order valence-corrected chi connectivity index (χ2v) is 8.21. The molecule has 1 aliphatic heterocycles. The molecule has 1 N–H and O–H groups in total. The third-order valence-electron chi connectivity index (χ3n) is 5.06. The Kier molecular flexibility index (Phi) is 6.08. The predicted molar refractivity (Wildman–Crippen MR) is 118 cm³/mol. The maximum atomic E-state index is 12.5. The van der Waals surface area contributed by atoms with E-state index in [0.717, 1.165) is 11.4 Å². The summed E-state index contributed by atoms with van der Waals surface area (Å²) in [6.07, 6.45) is 0.372. The van der Waals surface area contributed by atoms with Crippen molar-refractivity contribution in [2.75, 3.05) is 23.9 Å². The van der Waals surface area contributed by atoms with Crippen molar-refractivity contribution in [2.45, 2.75) is 18.8 Å². The van der Waals surface area contributed by atoms with Gasteiger partial charge in [-0.25, -0.2) is 0 Å². The van der Waals surface area contributed by atoms with Crippen molar-refractivity contribution < 1.29 is 19.2 Å². The lowest BCUT2D eigenvalue weighted by atomic mass is 10.1. The van der Waals surface area contributed by atoms with Crippen LogP contribution in [0, 0.1) is 10.1 Å². The summed E-state index contributed by atoms with van der Waals surface area (Å²) in [5.41, 5.74) is 1.41. The first-order valence-corrected chi connectivity index (χ1v) is 10.6. The minimum Gasteiger partial charge on any atom is -0.497 e. The second kappa shape index (κ2) is 9.10. The molecule has 0 aliphatic carbocycles. The molecule has 0 radical (unpaired) electrons. The first kappa shape index (κ1) is 21.4. The largest absolute Gasteiger partial charge is 0.497 e. The minimum atomic E-state index is -0.490. The molecule has 2 aromatic carbocycles. The Morgan fingerprint density at radius 3 is 2.59 bits per heavy atom. The maximum Gasteiger partial charge on any atom is 0.269 e. The standard InChI is InChI=1S/C21H19N5O5S/c1-31-17-8-6-15(7-9-17)25-12-14(11-19(25)28)20-23-24-21(32-20)22-18(27)10-13-2-4-16(5-3-13)26(29)30/h2-9,14H,10-12H2,1H3,(H,22,24,27). The van der Waals surface area contributed by atoms with E-state index in [1.165, 1.54) is 23.5 Å². The highest BCUT2D eigenvalue weighted by atomic mass is 32.1. The van der Waals surface area contributed by atoms with Crippen molar-refractivity contribution in [1.82, 2.24) is 10.2 Å². The fourth-order valence-corrected chi connectivity index (χ4v) is 4.27. The molecule has 2 amide bonds. The van der Waals surface area contributed by atoms with E-state index < -0.39 is 4.92 Å². The summed E-state index contributed by atoms with van der Waals surface area (Å²) in [5.74, 6) is 0.306. The Morgan fingerprint density at radius 2 is 1.94 bits per heavy atom. The number of hydrogen-bond acceptors (Lipinski definition) is 8. The van der Waals surface area contributed by atoms with Gasteiger partial charge in [-0.05, 0) is 29.8 Å². The molecule has 1 aromatic heterocycles. The maximum absolute atomic E-state index is 12.5. The van der Waals surface area contributed by atoms with Crippen LogP contribution in [0.25, 0.3) is 0 Å². The molecular weight excluding hydrogens is 434 g/mol. The van der Waals surface area contributed by atoms with E-state index in [-0.39, 0.29) is 29.8 Å². The average Bonchev–Trinajstić information content (AvgIpc) is 3.40. The number of hydrogen-bond donors (Lipinski definition) is 1. The summed E-state index contributed by atoms with van der Waals surface area (Å²) < 4.78 is 5.15. The Labute approximate surface area is 187 Å². The van der Waals surface area contributed by atoms with E-state index in [2.05, 4.69) is 15.5 Å². The molecule has 32 heavy (non-hydrogen) atoms. The SMILES string of the molecule is COc1ccc(N2CC(c3nnc(NC(=O)Cc4ccc([N+](=O)[O-])cc4)s3)CC2=O)cc1. The number of amides is 2. The molecule has 2 heterocycles. The molecule has 4 rings (SSSR count). The van der Waals surface area contributed by atoms with E-state index in [1.54, 1.807) is 36.3 Å². The first-order valence-electron chi connectivity index (χ1n) is 9.74. The van der Waals surface area contributed by atoms with Crippen LogP contribution in [0.3, 0.4) is 0 Å². The van der Waals surface area contributed by atoms with Crippen LogP contribution < -0.4 is 15.0 Å². The third kappa shape index (κ3) is 4.72.